The molecule has 1 N–H and O–H groups in total. The number of hydrogen-bond donors (Lipinski definition) is 1. The van der Waals surface area contributed by atoms with Gasteiger partial charge in [0.25, 0.3) is 0 Å². The fraction of sp³-hybridized carbons (Fsp3) is 0.579. The number of carbonyl (C=O) groups is 2. The first kappa shape index (κ1) is 20.0. The minimum Gasteiger partial charge on any atom is -0.493 e. The van der Waals surface area contributed by atoms with Crippen LogP contribution in [0, 0.1) is 5.92 Å². The van der Waals surface area contributed by atoms with Crippen LogP contribution in [0.2, 0.25) is 0 Å². The zero-order chi connectivity index (χ0) is 18.9. The molecule has 0 aliphatic carbocycles. The molecule has 0 aromatic heterocycles. The topological polar surface area (TPSA) is 77.1 Å². The van der Waals surface area contributed by atoms with Crippen molar-refractivity contribution in [3.8, 4) is 11.5 Å². The Hall–Kier alpha value is -2.28. The summed E-state index contributed by atoms with van der Waals surface area (Å²) in [7, 11) is 4.62. The van der Waals surface area contributed by atoms with Crippen LogP contribution in [0.4, 0.5) is 0 Å². The number of rotatable bonds is 8. The molecule has 0 atom stereocenters. The van der Waals surface area contributed by atoms with E-state index in [4.69, 9.17) is 14.2 Å². The molecule has 1 aliphatic heterocycles. The molecule has 1 heterocycles. The van der Waals surface area contributed by atoms with Crippen molar-refractivity contribution in [2.24, 2.45) is 5.92 Å². The number of esters is 1. The zero-order valence-electron chi connectivity index (χ0n) is 15.7. The summed E-state index contributed by atoms with van der Waals surface area (Å²) < 4.78 is 15.3. The lowest BCUT2D eigenvalue weighted by molar-refractivity contribution is -0.147. The summed E-state index contributed by atoms with van der Waals surface area (Å²) in [6, 6.07) is 5.75. The number of piperidine rings is 1. The molecule has 0 unspecified atom stereocenters. The fourth-order valence-corrected chi connectivity index (χ4v) is 3.13. The molecule has 0 spiro atoms. The quantitative estimate of drug-likeness (QED) is 0.700. The van der Waals surface area contributed by atoms with E-state index in [9.17, 15) is 9.59 Å². The molecule has 0 saturated carbocycles. The molecule has 7 nitrogen and oxygen atoms in total. The molecule has 0 radical (unpaired) electrons. The lowest BCUT2D eigenvalue weighted by atomic mass is 9.97. The Balaban J connectivity index is 1.70. The first-order valence-electron chi connectivity index (χ1n) is 8.85. The predicted molar refractivity (Wildman–Crippen MR) is 97.4 cm³/mol. The predicted octanol–water partition coefficient (Wildman–Crippen LogP) is 1.25. The Kier molecular flexibility index (Phi) is 7.72. The summed E-state index contributed by atoms with van der Waals surface area (Å²) in [6.45, 7) is 2.40. The van der Waals surface area contributed by atoms with Gasteiger partial charge in [0.1, 0.15) is 0 Å². The van der Waals surface area contributed by atoms with Crippen LogP contribution in [0.1, 0.15) is 18.4 Å². The van der Waals surface area contributed by atoms with Gasteiger partial charge in [0.15, 0.2) is 11.5 Å². The second-order valence-electron chi connectivity index (χ2n) is 6.36. The number of amides is 1. The van der Waals surface area contributed by atoms with E-state index in [1.165, 1.54) is 7.11 Å². The summed E-state index contributed by atoms with van der Waals surface area (Å²) in [6.07, 6.45) is 2.20. The molecule has 26 heavy (non-hydrogen) atoms. The van der Waals surface area contributed by atoms with Gasteiger partial charge in [0.2, 0.25) is 5.91 Å². The molecule has 1 aromatic carbocycles. The molecule has 1 amide bonds. The fourth-order valence-electron chi connectivity index (χ4n) is 3.13. The summed E-state index contributed by atoms with van der Waals surface area (Å²) in [5.41, 5.74) is 1.07. The third kappa shape index (κ3) is 5.62. The van der Waals surface area contributed by atoms with Crippen molar-refractivity contribution in [3.05, 3.63) is 23.8 Å². The third-order valence-corrected chi connectivity index (χ3v) is 4.67. The second-order valence-corrected chi connectivity index (χ2v) is 6.36. The minimum atomic E-state index is -0.149. The Labute approximate surface area is 154 Å². The smallest absolute Gasteiger partial charge is 0.308 e. The van der Waals surface area contributed by atoms with Gasteiger partial charge in [-0.2, -0.15) is 0 Å². The van der Waals surface area contributed by atoms with Crippen LogP contribution in [-0.4, -0.2) is 64.3 Å². The number of likely N-dealkylation sites (tertiary alicyclic amines) is 1. The Bertz CT molecular complexity index is 612. The average molecular weight is 364 g/mol. The Morgan fingerprint density at radius 3 is 2.42 bits per heavy atom. The molecule has 1 aromatic rings. The van der Waals surface area contributed by atoms with E-state index >= 15 is 0 Å². The van der Waals surface area contributed by atoms with E-state index in [0.29, 0.717) is 24.6 Å². The number of hydrogen-bond acceptors (Lipinski definition) is 6. The van der Waals surface area contributed by atoms with E-state index in [1.807, 2.05) is 18.2 Å². The average Bonchev–Trinajstić information content (AvgIpc) is 2.67. The maximum atomic E-state index is 12.1. The Morgan fingerprint density at radius 2 is 1.81 bits per heavy atom. The molecular formula is C19H28N2O5. The molecule has 7 heteroatoms. The van der Waals surface area contributed by atoms with Crippen LogP contribution in [0.25, 0.3) is 0 Å². The van der Waals surface area contributed by atoms with Crippen LogP contribution in [0.5, 0.6) is 11.5 Å². The lowest BCUT2D eigenvalue weighted by Gasteiger charge is -2.29. The molecule has 1 saturated heterocycles. The Morgan fingerprint density at radius 1 is 1.12 bits per heavy atom. The van der Waals surface area contributed by atoms with Gasteiger partial charge in [0, 0.05) is 6.54 Å². The highest BCUT2D eigenvalue weighted by Gasteiger charge is 2.26. The molecule has 144 valence electrons. The highest BCUT2D eigenvalue weighted by molar-refractivity contribution is 5.78. The normalized spacial score (nSPS) is 15.3. The van der Waals surface area contributed by atoms with Gasteiger partial charge in [-0.15, -0.1) is 0 Å². The van der Waals surface area contributed by atoms with E-state index < -0.39 is 0 Å². The monoisotopic (exact) mass is 364 g/mol. The van der Waals surface area contributed by atoms with Gasteiger partial charge in [-0.3, -0.25) is 14.5 Å². The summed E-state index contributed by atoms with van der Waals surface area (Å²) in [5.74, 6) is 1.19. The number of nitrogens with one attached hydrogen (secondary N) is 1. The van der Waals surface area contributed by atoms with Crippen molar-refractivity contribution < 1.29 is 23.8 Å². The third-order valence-electron chi connectivity index (χ3n) is 4.67. The van der Waals surface area contributed by atoms with Gasteiger partial charge in [0.05, 0.1) is 33.8 Å². The number of methoxy groups -OCH3 is 3. The number of nitrogens with zero attached hydrogens (tertiary/aromatic N) is 1. The van der Waals surface area contributed by atoms with Crippen LogP contribution < -0.4 is 14.8 Å². The van der Waals surface area contributed by atoms with Crippen LogP contribution >= 0.6 is 0 Å². The van der Waals surface area contributed by atoms with Crippen molar-refractivity contribution in [3.63, 3.8) is 0 Å². The number of carbonyl (C=O) groups excluding carboxylic acids is 2. The maximum absolute atomic E-state index is 12.1. The van der Waals surface area contributed by atoms with E-state index in [-0.39, 0.29) is 17.8 Å². The first-order chi connectivity index (χ1) is 12.6. The van der Waals surface area contributed by atoms with Crippen LogP contribution in [-0.2, 0) is 20.7 Å². The highest BCUT2D eigenvalue weighted by Crippen LogP contribution is 2.27. The van der Waals surface area contributed by atoms with Gasteiger partial charge >= 0.3 is 5.97 Å². The van der Waals surface area contributed by atoms with E-state index in [0.717, 1.165) is 37.9 Å². The second kappa shape index (κ2) is 10.0. The van der Waals surface area contributed by atoms with Gasteiger partial charge in [-0.05, 0) is 50.0 Å². The van der Waals surface area contributed by atoms with Crippen LogP contribution in [0.3, 0.4) is 0 Å². The maximum Gasteiger partial charge on any atom is 0.308 e. The number of ether oxygens (including phenoxy) is 3. The molecular weight excluding hydrogens is 336 g/mol. The van der Waals surface area contributed by atoms with Crippen molar-refractivity contribution in [2.75, 3.05) is 47.5 Å². The minimum absolute atomic E-state index is 0.00185. The van der Waals surface area contributed by atoms with Crippen molar-refractivity contribution in [2.45, 2.75) is 19.3 Å². The van der Waals surface area contributed by atoms with Gasteiger partial charge in [-0.25, -0.2) is 0 Å². The highest BCUT2D eigenvalue weighted by atomic mass is 16.5. The molecule has 1 aliphatic rings. The SMILES string of the molecule is COC(=O)C1CCN(CC(=O)NCCc2ccc(OC)c(OC)c2)CC1. The van der Waals surface area contributed by atoms with E-state index in [1.54, 1.807) is 14.2 Å². The van der Waals surface area contributed by atoms with Crippen molar-refractivity contribution in [1.82, 2.24) is 10.2 Å². The molecule has 0 bridgehead atoms. The largest absolute Gasteiger partial charge is 0.493 e. The van der Waals surface area contributed by atoms with Gasteiger partial charge in [-0.1, -0.05) is 6.07 Å². The molecule has 2 rings (SSSR count). The summed E-state index contributed by atoms with van der Waals surface area (Å²) >= 11 is 0. The summed E-state index contributed by atoms with van der Waals surface area (Å²) in [5, 5.41) is 2.95. The first-order valence-corrected chi connectivity index (χ1v) is 8.85. The number of benzene rings is 1. The molecule has 1 fully saturated rings. The van der Waals surface area contributed by atoms with Crippen molar-refractivity contribution in [1.29, 1.82) is 0 Å². The zero-order valence-corrected chi connectivity index (χ0v) is 15.7. The van der Waals surface area contributed by atoms with Gasteiger partial charge < -0.3 is 19.5 Å². The van der Waals surface area contributed by atoms with Crippen molar-refractivity contribution >= 4 is 11.9 Å². The lowest BCUT2D eigenvalue weighted by Crippen LogP contribution is -2.43. The van der Waals surface area contributed by atoms with Crippen LogP contribution in [0.15, 0.2) is 18.2 Å². The standard InChI is InChI=1S/C19H28N2O5/c1-24-16-5-4-14(12-17(16)25-2)6-9-20-18(22)13-21-10-7-15(8-11-21)19(23)26-3/h4-5,12,15H,6-11,13H2,1-3H3,(H,20,22). The summed E-state index contributed by atoms with van der Waals surface area (Å²) in [4.78, 5) is 25.7. The van der Waals surface area contributed by atoms with E-state index in [2.05, 4.69) is 10.2 Å².